The fourth-order valence-electron chi connectivity index (χ4n) is 2.02. The Bertz CT molecular complexity index is 717. The first kappa shape index (κ1) is 15.4. The van der Waals surface area contributed by atoms with Crippen molar-refractivity contribution in [3.63, 3.8) is 0 Å². The van der Waals surface area contributed by atoms with E-state index in [0.717, 1.165) is 17.5 Å². The fraction of sp³-hybridized carbons (Fsp3) is 0.235. The van der Waals surface area contributed by atoms with Crippen molar-refractivity contribution in [2.45, 2.75) is 31.6 Å². The predicted molar refractivity (Wildman–Crippen MR) is 86.3 cm³/mol. The summed E-state index contributed by atoms with van der Waals surface area (Å²) < 4.78 is 28.9. The molecule has 0 aliphatic rings. The Kier molecular flexibility index (Phi) is 4.91. The van der Waals surface area contributed by atoms with Crippen molar-refractivity contribution in [3.8, 4) is 0 Å². The van der Waals surface area contributed by atoms with Gasteiger partial charge < -0.3 is 0 Å². The summed E-state index contributed by atoms with van der Waals surface area (Å²) in [5, 5.41) is 0. The molecule has 3 nitrogen and oxygen atoms in total. The highest BCUT2D eigenvalue weighted by Gasteiger charge is 2.14. The van der Waals surface area contributed by atoms with Crippen LogP contribution in [-0.2, 0) is 10.0 Å². The zero-order chi connectivity index (χ0) is 15.3. The maximum atomic E-state index is 12.4. The Hall–Kier alpha value is -1.94. The third-order valence-corrected chi connectivity index (χ3v) is 4.47. The summed E-state index contributed by atoms with van der Waals surface area (Å²) in [6, 6.07) is 16.2. The van der Waals surface area contributed by atoms with Crippen LogP contribution in [0.5, 0.6) is 0 Å². The Morgan fingerprint density at radius 3 is 2.19 bits per heavy atom. The van der Waals surface area contributed by atoms with Gasteiger partial charge in [0.1, 0.15) is 0 Å². The molecule has 2 aromatic rings. The number of hydrogen-bond donors (Lipinski definition) is 0. The van der Waals surface area contributed by atoms with Gasteiger partial charge in [-0.3, -0.25) is 0 Å². The number of rotatable bonds is 5. The highest BCUT2D eigenvalue weighted by atomic mass is 32.2. The second kappa shape index (κ2) is 6.68. The van der Waals surface area contributed by atoms with E-state index in [0.29, 0.717) is 12.1 Å². The van der Waals surface area contributed by atoms with Gasteiger partial charge in [0.25, 0.3) is 10.0 Å². The summed E-state index contributed by atoms with van der Waals surface area (Å²) >= 11 is 0. The minimum Gasteiger partial charge on any atom is -0.199 e. The van der Waals surface area contributed by atoms with Gasteiger partial charge in [0.15, 0.2) is 0 Å². The molecular weight excluding hydrogens is 282 g/mol. The number of hydrogen-bond acceptors (Lipinski definition) is 2. The van der Waals surface area contributed by atoms with Crippen LogP contribution in [0.15, 0.2) is 63.9 Å². The summed E-state index contributed by atoms with van der Waals surface area (Å²) in [5.41, 5.74) is 2.49. The van der Waals surface area contributed by atoms with E-state index in [1.54, 1.807) is 24.3 Å². The quantitative estimate of drug-likeness (QED) is 0.784. The van der Waals surface area contributed by atoms with E-state index in [1.807, 2.05) is 44.2 Å². The molecule has 21 heavy (non-hydrogen) atoms. The zero-order valence-corrected chi connectivity index (χ0v) is 13.1. The summed E-state index contributed by atoms with van der Waals surface area (Å²) in [7, 11) is -3.66. The van der Waals surface area contributed by atoms with Crippen molar-refractivity contribution in [2.75, 3.05) is 0 Å². The lowest BCUT2D eigenvalue weighted by molar-refractivity contribution is 0.598. The van der Waals surface area contributed by atoms with Crippen LogP contribution in [0.4, 0.5) is 0 Å². The Labute approximate surface area is 126 Å². The largest absolute Gasteiger partial charge is 0.282 e. The molecular formula is C17H19NO2S. The monoisotopic (exact) mass is 301 g/mol. The van der Waals surface area contributed by atoms with Crippen LogP contribution in [-0.4, -0.2) is 14.1 Å². The number of sulfonamides is 1. The second-order valence-electron chi connectivity index (χ2n) is 4.94. The topological polar surface area (TPSA) is 46.5 Å². The molecule has 0 amide bonds. The predicted octanol–water partition coefficient (Wildman–Crippen LogP) is 3.97. The third kappa shape index (κ3) is 4.02. The first-order chi connectivity index (χ1) is 10.0. The number of nitrogens with zero attached hydrogens (tertiary/aromatic N) is 1. The van der Waals surface area contributed by atoms with Gasteiger partial charge in [-0.15, -0.1) is 0 Å². The first-order valence-electron chi connectivity index (χ1n) is 6.99. The van der Waals surface area contributed by atoms with Crippen LogP contribution in [0.25, 0.3) is 0 Å². The smallest absolute Gasteiger partial charge is 0.199 e. The molecule has 4 heteroatoms. The molecule has 0 saturated carbocycles. The van der Waals surface area contributed by atoms with E-state index in [4.69, 9.17) is 0 Å². The molecule has 0 fully saturated rings. The minimum absolute atomic E-state index is 0.234. The lowest BCUT2D eigenvalue weighted by Crippen LogP contribution is -2.06. The van der Waals surface area contributed by atoms with Gasteiger partial charge in [-0.05, 0) is 31.0 Å². The van der Waals surface area contributed by atoms with Gasteiger partial charge in [-0.25, -0.2) is 0 Å². The van der Waals surface area contributed by atoms with Crippen LogP contribution in [0, 0.1) is 6.92 Å². The summed E-state index contributed by atoms with van der Waals surface area (Å²) in [4.78, 5) is 0.234. The average Bonchev–Trinajstić information content (AvgIpc) is 2.48. The molecule has 0 heterocycles. The molecule has 0 radical (unpaired) electrons. The van der Waals surface area contributed by atoms with Gasteiger partial charge in [0.2, 0.25) is 0 Å². The zero-order valence-electron chi connectivity index (χ0n) is 12.3. The third-order valence-electron chi connectivity index (χ3n) is 3.14. The minimum atomic E-state index is -3.66. The second-order valence-corrected chi connectivity index (χ2v) is 6.55. The fourth-order valence-corrected chi connectivity index (χ4v) is 3.09. The number of aryl methyl sites for hydroxylation is 1. The molecule has 0 aliphatic carbocycles. The van der Waals surface area contributed by atoms with Gasteiger partial charge in [0, 0.05) is 0 Å². The van der Waals surface area contributed by atoms with E-state index < -0.39 is 10.0 Å². The Morgan fingerprint density at radius 2 is 1.62 bits per heavy atom. The summed E-state index contributed by atoms with van der Waals surface area (Å²) in [6.07, 6.45) is 1.48. The van der Waals surface area contributed by atoms with E-state index in [-0.39, 0.29) is 4.90 Å². The van der Waals surface area contributed by atoms with Crippen molar-refractivity contribution in [1.82, 2.24) is 0 Å². The van der Waals surface area contributed by atoms with Crippen LogP contribution >= 0.6 is 0 Å². The normalized spacial score (nSPS) is 12.4. The molecule has 110 valence electrons. The van der Waals surface area contributed by atoms with E-state index >= 15 is 0 Å². The number of benzene rings is 2. The highest BCUT2D eigenvalue weighted by molar-refractivity contribution is 7.90. The molecule has 0 bridgehead atoms. The van der Waals surface area contributed by atoms with Crippen LogP contribution < -0.4 is 0 Å². The molecule has 0 unspecified atom stereocenters. The van der Waals surface area contributed by atoms with E-state index in [2.05, 4.69) is 4.40 Å². The molecule has 2 aromatic carbocycles. The van der Waals surface area contributed by atoms with Crippen molar-refractivity contribution in [3.05, 3.63) is 65.7 Å². The van der Waals surface area contributed by atoms with Crippen molar-refractivity contribution < 1.29 is 8.42 Å². The van der Waals surface area contributed by atoms with E-state index in [1.165, 1.54) is 0 Å². The van der Waals surface area contributed by atoms with Gasteiger partial charge in [-0.2, -0.15) is 12.8 Å². The average molecular weight is 301 g/mol. The maximum absolute atomic E-state index is 12.4. The van der Waals surface area contributed by atoms with Crippen LogP contribution in [0.2, 0.25) is 0 Å². The van der Waals surface area contributed by atoms with Gasteiger partial charge in [-0.1, -0.05) is 61.4 Å². The lowest BCUT2D eigenvalue weighted by Gasteiger charge is -2.06. The molecule has 0 aliphatic heterocycles. The molecule has 0 saturated heterocycles. The summed E-state index contributed by atoms with van der Waals surface area (Å²) in [5.74, 6) is 0. The first-order valence-corrected chi connectivity index (χ1v) is 8.43. The van der Waals surface area contributed by atoms with Crippen LogP contribution in [0.1, 0.15) is 30.9 Å². The SMILES string of the molecule is CCCC(=NS(=O)(=O)c1ccc(C)cc1)c1ccccc1. The van der Waals surface area contributed by atoms with Crippen molar-refractivity contribution >= 4 is 15.7 Å². The molecule has 2 rings (SSSR count). The van der Waals surface area contributed by atoms with Crippen molar-refractivity contribution in [2.24, 2.45) is 4.40 Å². The molecule has 0 N–H and O–H groups in total. The molecule has 0 atom stereocenters. The standard InChI is InChI=1S/C17H19NO2S/c1-3-7-17(15-8-5-4-6-9-15)18-21(19,20)16-12-10-14(2)11-13-16/h4-6,8-13H,3,7H2,1-2H3. The van der Waals surface area contributed by atoms with Crippen LogP contribution in [0.3, 0.4) is 0 Å². The molecule has 0 spiro atoms. The lowest BCUT2D eigenvalue weighted by atomic mass is 10.1. The van der Waals surface area contributed by atoms with Gasteiger partial charge in [0.05, 0.1) is 10.6 Å². The Morgan fingerprint density at radius 1 is 1.00 bits per heavy atom. The van der Waals surface area contributed by atoms with Gasteiger partial charge >= 0.3 is 0 Å². The highest BCUT2D eigenvalue weighted by Crippen LogP contribution is 2.16. The summed E-state index contributed by atoms with van der Waals surface area (Å²) in [6.45, 7) is 3.93. The maximum Gasteiger partial charge on any atom is 0.282 e. The Balaban J connectivity index is 2.44. The van der Waals surface area contributed by atoms with Crippen molar-refractivity contribution in [1.29, 1.82) is 0 Å². The molecule has 0 aromatic heterocycles. The van der Waals surface area contributed by atoms with E-state index in [9.17, 15) is 8.42 Å².